The third-order valence-electron chi connectivity index (χ3n) is 6.68. The Kier molecular flexibility index (Phi) is 6.52. The first-order valence-electron chi connectivity index (χ1n) is 11.4. The maximum Gasteiger partial charge on any atom is 0.410 e. The number of carbonyl (C=O) groups is 3. The van der Waals surface area contributed by atoms with Gasteiger partial charge in [0.25, 0.3) is 5.91 Å². The highest BCUT2D eigenvalue weighted by Crippen LogP contribution is 2.38. The van der Waals surface area contributed by atoms with Crippen LogP contribution in [0.25, 0.3) is 0 Å². The number of hydrogen-bond acceptors (Lipinski definition) is 8. The van der Waals surface area contributed by atoms with Gasteiger partial charge in [0, 0.05) is 22.7 Å². The number of nitrogens with zero attached hydrogens (tertiary/aromatic N) is 2. The monoisotopic (exact) mass is 504 g/mol. The van der Waals surface area contributed by atoms with Crippen LogP contribution in [0, 0.1) is 0 Å². The summed E-state index contributed by atoms with van der Waals surface area (Å²) < 4.78 is 16.5. The number of amides is 2. The number of aromatic hydroxyl groups is 1. The lowest BCUT2D eigenvalue weighted by molar-refractivity contribution is -0.118. The summed E-state index contributed by atoms with van der Waals surface area (Å²) in [6, 6.07) is 4.57. The van der Waals surface area contributed by atoms with Crippen molar-refractivity contribution in [1.82, 2.24) is 15.1 Å². The fourth-order valence-corrected chi connectivity index (χ4v) is 5.12. The summed E-state index contributed by atoms with van der Waals surface area (Å²) in [6.07, 6.45) is 3.26. The molecule has 2 aromatic rings. The van der Waals surface area contributed by atoms with Crippen molar-refractivity contribution in [3.05, 3.63) is 34.5 Å². The van der Waals surface area contributed by atoms with Crippen molar-refractivity contribution in [3.8, 4) is 11.5 Å². The van der Waals surface area contributed by atoms with Crippen LogP contribution in [-0.2, 0) is 14.3 Å². The third kappa shape index (κ3) is 4.92. The van der Waals surface area contributed by atoms with E-state index in [9.17, 15) is 19.5 Å². The first-order valence-corrected chi connectivity index (χ1v) is 11.8. The van der Waals surface area contributed by atoms with Crippen molar-refractivity contribution in [2.24, 2.45) is 0 Å². The number of anilines is 1. The molecule has 2 bridgehead atoms. The van der Waals surface area contributed by atoms with E-state index in [1.807, 2.05) is 0 Å². The fourth-order valence-electron chi connectivity index (χ4n) is 4.92. The van der Waals surface area contributed by atoms with Crippen LogP contribution in [0.1, 0.15) is 47.7 Å². The van der Waals surface area contributed by atoms with E-state index in [2.05, 4.69) is 15.5 Å². The van der Waals surface area contributed by atoms with Gasteiger partial charge in [0.2, 0.25) is 0 Å². The van der Waals surface area contributed by atoms with Crippen LogP contribution < -0.4 is 10.1 Å². The van der Waals surface area contributed by atoms with E-state index in [1.54, 1.807) is 11.0 Å². The van der Waals surface area contributed by atoms with Gasteiger partial charge in [-0.05, 0) is 37.8 Å². The minimum absolute atomic E-state index is 0.00351. The number of carbonyl (C=O) groups excluding carboxylic acids is 3. The number of aldehydes is 1. The molecule has 3 heterocycles. The summed E-state index contributed by atoms with van der Waals surface area (Å²) in [6.45, 7) is 0.743. The second-order valence-corrected chi connectivity index (χ2v) is 9.44. The zero-order chi connectivity index (χ0) is 24.5. The van der Waals surface area contributed by atoms with Crippen LogP contribution >= 0.6 is 11.6 Å². The number of phenols is 1. The molecule has 2 unspecified atom stereocenters. The second kappa shape index (κ2) is 9.74. The summed E-state index contributed by atoms with van der Waals surface area (Å²) in [5, 5.41) is 19.6. The summed E-state index contributed by atoms with van der Waals surface area (Å²) in [5.74, 6) is -0.370. The Balaban J connectivity index is 1.11. The second-order valence-electron chi connectivity index (χ2n) is 9.00. The number of rotatable bonds is 7. The predicted octanol–water partition coefficient (Wildman–Crippen LogP) is 2.84. The highest BCUT2D eigenvalue weighted by Gasteiger charge is 2.47. The molecule has 3 fully saturated rings. The molecule has 2 amide bonds. The van der Waals surface area contributed by atoms with Crippen LogP contribution in [0.15, 0.2) is 18.2 Å². The van der Waals surface area contributed by atoms with Crippen molar-refractivity contribution in [3.63, 3.8) is 0 Å². The van der Waals surface area contributed by atoms with Gasteiger partial charge < -0.3 is 24.6 Å². The SMILES string of the molecule is O=Cc1c(O)cc(Cl)cc1OCC(=O)Nc1cc([C@H]2CC[C@@H](OC(=O)N3C4COCC3C4)C2)[nH]n1. The van der Waals surface area contributed by atoms with Gasteiger partial charge in [-0.3, -0.25) is 19.6 Å². The van der Waals surface area contributed by atoms with E-state index in [-0.39, 0.29) is 52.3 Å². The standard InChI is InChI=1S/C23H25ClN4O7/c24-13-4-19(30)17(8-29)20(5-13)34-11-22(31)25-21-7-18(26-27-21)12-1-2-16(3-12)35-23(32)28-14-6-15(28)10-33-9-14/h4-5,7-8,12,14-16,30H,1-3,6,9-11H2,(H2,25,26,27,31)/t12-,14?,15?,16+/m0/s1. The molecule has 1 aliphatic carbocycles. The van der Waals surface area contributed by atoms with Gasteiger partial charge in [0.15, 0.2) is 18.7 Å². The number of morpholine rings is 1. The van der Waals surface area contributed by atoms with E-state index >= 15 is 0 Å². The minimum Gasteiger partial charge on any atom is -0.507 e. The lowest BCUT2D eigenvalue weighted by Gasteiger charge is -2.51. The molecule has 12 heteroatoms. The molecular weight excluding hydrogens is 480 g/mol. The third-order valence-corrected chi connectivity index (χ3v) is 6.90. The topological polar surface area (TPSA) is 143 Å². The largest absolute Gasteiger partial charge is 0.507 e. The summed E-state index contributed by atoms with van der Waals surface area (Å²) in [7, 11) is 0. The number of hydrogen-bond donors (Lipinski definition) is 3. The molecule has 5 rings (SSSR count). The van der Waals surface area contributed by atoms with E-state index < -0.39 is 12.5 Å². The number of halogens is 1. The maximum atomic E-state index is 12.5. The molecule has 35 heavy (non-hydrogen) atoms. The van der Waals surface area contributed by atoms with Crippen molar-refractivity contribution in [2.45, 2.75) is 49.8 Å². The molecule has 1 aromatic heterocycles. The summed E-state index contributed by atoms with van der Waals surface area (Å²) >= 11 is 5.87. The number of benzene rings is 1. The van der Waals surface area contributed by atoms with E-state index in [4.69, 9.17) is 25.8 Å². The smallest absolute Gasteiger partial charge is 0.410 e. The maximum absolute atomic E-state index is 12.5. The van der Waals surface area contributed by atoms with Gasteiger partial charge in [-0.15, -0.1) is 0 Å². The molecule has 3 aliphatic rings. The molecule has 2 saturated heterocycles. The predicted molar refractivity (Wildman–Crippen MR) is 123 cm³/mol. The van der Waals surface area contributed by atoms with Crippen LogP contribution in [0.3, 0.4) is 0 Å². The summed E-state index contributed by atoms with van der Waals surface area (Å²) in [4.78, 5) is 37.8. The molecule has 1 saturated carbocycles. The van der Waals surface area contributed by atoms with Crippen molar-refractivity contribution in [1.29, 1.82) is 0 Å². The number of ether oxygens (including phenoxy) is 3. The quantitative estimate of drug-likeness (QED) is 0.488. The molecular formula is C23H25ClN4O7. The normalized spacial score (nSPS) is 25.0. The van der Waals surface area contributed by atoms with E-state index in [0.29, 0.717) is 31.7 Å². The Morgan fingerprint density at radius 1 is 1.26 bits per heavy atom. The van der Waals surface area contributed by atoms with E-state index in [1.165, 1.54) is 12.1 Å². The molecule has 4 atom stereocenters. The lowest BCUT2D eigenvalue weighted by Crippen LogP contribution is -2.65. The zero-order valence-electron chi connectivity index (χ0n) is 18.7. The van der Waals surface area contributed by atoms with Crippen LogP contribution in [0.5, 0.6) is 11.5 Å². The molecule has 186 valence electrons. The molecule has 11 nitrogen and oxygen atoms in total. The Labute approximate surface area is 205 Å². The number of H-pyrrole nitrogens is 1. The molecule has 0 radical (unpaired) electrons. The lowest BCUT2D eigenvalue weighted by atomic mass is 9.92. The zero-order valence-corrected chi connectivity index (χ0v) is 19.5. The Morgan fingerprint density at radius 2 is 2.06 bits per heavy atom. The number of fused-ring (bicyclic) bond motifs is 2. The average Bonchev–Trinajstić information content (AvgIpc) is 3.47. The van der Waals surface area contributed by atoms with Crippen molar-refractivity contribution in [2.75, 3.05) is 25.1 Å². The first-order chi connectivity index (χ1) is 16.9. The fraction of sp³-hybridized carbons (Fsp3) is 0.478. The Bertz CT molecular complexity index is 1130. The summed E-state index contributed by atoms with van der Waals surface area (Å²) in [5.41, 5.74) is 0.753. The van der Waals surface area contributed by atoms with Crippen molar-refractivity contribution >= 4 is 35.7 Å². The average molecular weight is 505 g/mol. The Hall–Kier alpha value is -3.31. The van der Waals surface area contributed by atoms with Crippen molar-refractivity contribution < 1.29 is 33.7 Å². The highest BCUT2D eigenvalue weighted by atomic mass is 35.5. The number of aromatic nitrogens is 2. The molecule has 3 N–H and O–H groups in total. The van der Waals surface area contributed by atoms with Gasteiger partial charge in [-0.1, -0.05) is 11.6 Å². The van der Waals surface area contributed by atoms with Gasteiger partial charge in [0.05, 0.1) is 30.9 Å². The highest BCUT2D eigenvalue weighted by molar-refractivity contribution is 6.31. The van der Waals surface area contributed by atoms with Gasteiger partial charge in [-0.25, -0.2) is 4.79 Å². The molecule has 0 spiro atoms. The first kappa shape index (κ1) is 23.4. The van der Waals surface area contributed by atoms with E-state index in [0.717, 1.165) is 25.0 Å². The van der Waals surface area contributed by atoms with Crippen LogP contribution in [0.4, 0.5) is 10.6 Å². The van der Waals surface area contributed by atoms with Crippen LogP contribution in [0.2, 0.25) is 5.02 Å². The molecule has 1 aromatic carbocycles. The number of aromatic amines is 1. The Morgan fingerprint density at radius 3 is 2.80 bits per heavy atom. The van der Waals surface area contributed by atoms with Gasteiger partial charge >= 0.3 is 6.09 Å². The number of phenolic OH excluding ortho intramolecular Hbond substituents is 1. The van der Waals surface area contributed by atoms with Crippen LogP contribution in [-0.4, -0.2) is 76.5 Å². The van der Waals surface area contributed by atoms with Gasteiger partial charge in [0.1, 0.15) is 17.6 Å². The van der Waals surface area contributed by atoms with Gasteiger partial charge in [-0.2, -0.15) is 5.10 Å². The number of nitrogens with one attached hydrogen (secondary N) is 2. The minimum atomic E-state index is -0.498. The molecule has 2 aliphatic heterocycles.